The average Bonchev–Trinajstić information content (AvgIpc) is 2.48. The first-order chi connectivity index (χ1) is 9.53. The highest BCUT2D eigenvalue weighted by Gasteiger charge is 2.30. The van der Waals surface area contributed by atoms with E-state index in [2.05, 4.69) is 13.8 Å². The van der Waals surface area contributed by atoms with Crippen LogP contribution in [0.25, 0.3) is 0 Å². The van der Waals surface area contributed by atoms with Crippen molar-refractivity contribution < 1.29 is 14.7 Å². The summed E-state index contributed by atoms with van der Waals surface area (Å²) in [6.45, 7) is 8.77. The fourth-order valence-electron chi connectivity index (χ4n) is 2.75. The van der Waals surface area contributed by atoms with E-state index in [4.69, 9.17) is 5.11 Å². The lowest BCUT2D eigenvalue weighted by atomic mass is 9.98. The summed E-state index contributed by atoms with van der Waals surface area (Å²) in [5, 5.41) is 9.10. The molecule has 116 valence electrons. The number of piperidine rings is 1. The van der Waals surface area contributed by atoms with Gasteiger partial charge in [0.15, 0.2) is 0 Å². The molecule has 1 aliphatic rings. The standard InChI is InChI=1S/C15H28N2O3/c1-4-12(5-2)10-16(6-3)15(20)17-9-7-8-13(11-17)14(18)19/h12-13H,4-11H2,1-3H3,(H,18,19)/t13-/m1/s1. The summed E-state index contributed by atoms with van der Waals surface area (Å²) in [5.74, 6) is -0.663. The van der Waals surface area contributed by atoms with E-state index >= 15 is 0 Å². The van der Waals surface area contributed by atoms with Gasteiger partial charge in [-0.25, -0.2) is 4.79 Å². The summed E-state index contributed by atoms with van der Waals surface area (Å²) in [6, 6.07) is 0.00495. The lowest BCUT2D eigenvalue weighted by Gasteiger charge is -2.36. The van der Waals surface area contributed by atoms with Gasteiger partial charge in [-0.2, -0.15) is 0 Å². The van der Waals surface area contributed by atoms with E-state index in [9.17, 15) is 9.59 Å². The van der Waals surface area contributed by atoms with Gasteiger partial charge in [0.2, 0.25) is 0 Å². The van der Waals surface area contributed by atoms with Crippen LogP contribution in [0.3, 0.4) is 0 Å². The van der Waals surface area contributed by atoms with Crippen LogP contribution in [0.2, 0.25) is 0 Å². The summed E-state index contributed by atoms with van der Waals surface area (Å²) >= 11 is 0. The minimum Gasteiger partial charge on any atom is -0.481 e. The normalized spacial score (nSPS) is 19.2. The van der Waals surface area contributed by atoms with Crippen molar-refractivity contribution in [3.8, 4) is 0 Å². The number of amides is 2. The number of aliphatic carboxylic acids is 1. The van der Waals surface area contributed by atoms with Gasteiger partial charge < -0.3 is 14.9 Å². The molecule has 0 aliphatic carbocycles. The fraction of sp³-hybridized carbons (Fsp3) is 0.867. The maximum absolute atomic E-state index is 12.5. The van der Waals surface area contributed by atoms with Crippen LogP contribution in [0.5, 0.6) is 0 Å². The van der Waals surface area contributed by atoms with E-state index in [-0.39, 0.29) is 6.03 Å². The van der Waals surface area contributed by atoms with Crippen LogP contribution in [-0.2, 0) is 4.79 Å². The predicted molar refractivity (Wildman–Crippen MR) is 78.6 cm³/mol. The van der Waals surface area contributed by atoms with Crippen molar-refractivity contribution in [2.75, 3.05) is 26.2 Å². The summed E-state index contributed by atoms with van der Waals surface area (Å²) in [6.07, 6.45) is 3.60. The van der Waals surface area contributed by atoms with Crippen molar-refractivity contribution in [1.29, 1.82) is 0 Å². The molecule has 0 unspecified atom stereocenters. The number of carbonyl (C=O) groups excluding carboxylic acids is 1. The lowest BCUT2D eigenvalue weighted by molar-refractivity contribution is -0.143. The molecule has 2 amide bonds. The number of hydrogen-bond donors (Lipinski definition) is 1. The molecule has 0 bridgehead atoms. The number of carboxylic acids is 1. The minimum absolute atomic E-state index is 0.00495. The number of rotatable bonds is 6. The molecule has 0 spiro atoms. The Morgan fingerprint density at radius 3 is 2.45 bits per heavy atom. The number of nitrogens with zero attached hydrogens (tertiary/aromatic N) is 2. The van der Waals surface area contributed by atoms with Gasteiger partial charge >= 0.3 is 12.0 Å². The third kappa shape index (κ3) is 4.39. The number of urea groups is 1. The van der Waals surface area contributed by atoms with Crippen molar-refractivity contribution in [2.24, 2.45) is 11.8 Å². The molecule has 5 nitrogen and oxygen atoms in total. The number of carboxylic acid groups (broad SMARTS) is 1. The highest BCUT2D eigenvalue weighted by Crippen LogP contribution is 2.19. The molecule has 1 fully saturated rings. The van der Waals surface area contributed by atoms with E-state index in [1.165, 1.54) is 0 Å². The van der Waals surface area contributed by atoms with Gasteiger partial charge in [-0.15, -0.1) is 0 Å². The Kier molecular flexibility index (Phi) is 6.82. The van der Waals surface area contributed by atoms with Gasteiger partial charge in [0.05, 0.1) is 5.92 Å². The molecule has 20 heavy (non-hydrogen) atoms. The average molecular weight is 284 g/mol. The van der Waals surface area contributed by atoms with Gasteiger partial charge in [-0.1, -0.05) is 26.7 Å². The number of likely N-dealkylation sites (tertiary alicyclic amines) is 1. The second kappa shape index (κ2) is 8.12. The third-order valence-corrected chi connectivity index (χ3v) is 4.33. The molecule has 0 aromatic carbocycles. The van der Waals surface area contributed by atoms with Crippen LogP contribution in [0, 0.1) is 11.8 Å². The topological polar surface area (TPSA) is 60.9 Å². The SMILES string of the molecule is CCC(CC)CN(CC)C(=O)N1CCC[C@@H](C(=O)O)C1. The van der Waals surface area contributed by atoms with Crippen LogP contribution in [0.1, 0.15) is 46.5 Å². The molecular weight excluding hydrogens is 256 g/mol. The Bertz CT molecular complexity index is 329. The van der Waals surface area contributed by atoms with E-state index in [0.717, 1.165) is 25.8 Å². The molecule has 1 atom stereocenters. The van der Waals surface area contributed by atoms with E-state index in [0.29, 0.717) is 32.0 Å². The molecule has 1 saturated heterocycles. The van der Waals surface area contributed by atoms with Crippen LogP contribution in [0.15, 0.2) is 0 Å². The van der Waals surface area contributed by atoms with Crippen LogP contribution in [0.4, 0.5) is 4.79 Å². The van der Waals surface area contributed by atoms with Crippen molar-refractivity contribution in [3.05, 3.63) is 0 Å². The first-order valence-electron chi connectivity index (χ1n) is 7.80. The minimum atomic E-state index is -0.787. The van der Waals surface area contributed by atoms with Crippen LogP contribution in [-0.4, -0.2) is 53.1 Å². The molecule has 1 aliphatic heterocycles. The molecule has 0 aromatic rings. The lowest BCUT2D eigenvalue weighted by Crippen LogP contribution is -2.49. The highest BCUT2D eigenvalue weighted by molar-refractivity contribution is 5.76. The maximum atomic E-state index is 12.5. The summed E-state index contributed by atoms with van der Waals surface area (Å²) < 4.78 is 0. The van der Waals surface area contributed by atoms with Crippen molar-refractivity contribution in [3.63, 3.8) is 0 Å². The molecule has 1 N–H and O–H groups in total. The quantitative estimate of drug-likeness (QED) is 0.815. The smallest absolute Gasteiger partial charge is 0.320 e. The van der Waals surface area contributed by atoms with Gasteiger partial charge in [0.1, 0.15) is 0 Å². The second-order valence-electron chi connectivity index (χ2n) is 5.63. The zero-order chi connectivity index (χ0) is 15.1. The van der Waals surface area contributed by atoms with E-state index < -0.39 is 11.9 Å². The summed E-state index contributed by atoms with van der Waals surface area (Å²) in [4.78, 5) is 27.2. The zero-order valence-corrected chi connectivity index (χ0v) is 13.0. The Morgan fingerprint density at radius 1 is 1.30 bits per heavy atom. The molecule has 1 heterocycles. The molecular formula is C15H28N2O3. The van der Waals surface area contributed by atoms with Crippen LogP contribution >= 0.6 is 0 Å². The van der Waals surface area contributed by atoms with Crippen molar-refractivity contribution in [2.45, 2.75) is 46.5 Å². The van der Waals surface area contributed by atoms with Crippen molar-refractivity contribution in [1.82, 2.24) is 9.80 Å². The summed E-state index contributed by atoms with van der Waals surface area (Å²) in [5.41, 5.74) is 0. The first kappa shape index (κ1) is 16.8. The first-order valence-corrected chi connectivity index (χ1v) is 7.80. The molecule has 0 radical (unpaired) electrons. The highest BCUT2D eigenvalue weighted by atomic mass is 16.4. The Labute approximate surface area is 121 Å². The Morgan fingerprint density at radius 2 is 1.95 bits per heavy atom. The zero-order valence-electron chi connectivity index (χ0n) is 13.0. The monoisotopic (exact) mass is 284 g/mol. The molecule has 1 rings (SSSR count). The van der Waals surface area contributed by atoms with Crippen molar-refractivity contribution >= 4 is 12.0 Å². The van der Waals surface area contributed by atoms with Gasteiger partial charge in [-0.3, -0.25) is 4.79 Å². The summed E-state index contributed by atoms with van der Waals surface area (Å²) in [7, 11) is 0. The number of hydrogen-bond acceptors (Lipinski definition) is 2. The number of carbonyl (C=O) groups is 2. The van der Waals surface area contributed by atoms with Crippen LogP contribution < -0.4 is 0 Å². The third-order valence-electron chi connectivity index (χ3n) is 4.33. The van der Waals surface area contributed by atoms with E-state index in [1.807, 2.05) is 11.8 Å². The molecule has 0 saturated carbocycles. The fourth-order valence-corrected chi connectivity index (χ4v) is 2.75. The predicted octanol–water partition coefficient (Wildman–Crippen LogP) is 2.66. The molecule has 5 heteroatoms. The Hall–Kier alpha value is -1.26. The largest absolute Gasteiger partial charge is 0.481 e. The van der Waals surface area contributed by atoms with Gasteiger partial charge in [0.25, 0.3) is 0 Å². The van der Waals surface area contributed by atoms with Gasteiger partial charge in [0, 0.05) is 26.2 Å². The van der Waals surface area contributed by atoms with E-state index in [1.54, 1.807) is 4.90 Å². The second-order valence-corrected chi connectivity index (χ2v) is 5.63. The Balaban J connectivity index is 2.63. The molecule has 0 aromatic heterocycles. The van der Waals surface area contributed by atoms with Gasteiger partial charge in [-0.05, 0) is 25.7 Å². The maximum Gasteiger partial charge on any atom is 0.320 e.